The van der Waals surface area contributed by atoms with Crippen LogP contribution in [0.4, 0.5) is 0 Å². The highest BCUT2D eigenvalue weighted by molar-refractivity contribution is 5.78. The highest BCUT2D eigenvalue weighted by atomic mass is 16.2. The molecule has 1 fully saturated rings. The first-order valence-corrected chi connectivity index (χ1v) is 4.72. The van der Waals surface area contributed by atoms with Crippen LogP contribution < -0.4 is 5.32 Å². The highest BCUT2D eigenvalue weighted by Crippen LogP contribution is 2.03. The van der Waals surface area contributed by atoms with Gasteiger partial charge in [-0.05, 0) is 33.2 Å². The molecule has 0 aromatic carbocycles. The number of hydrogen-bond donors (Lipinski definition) is 1. The van der Waals surface area contributed by atoms with Gasteiger partial charge in [0.15, 0.2) is 0 Å². The van der Waals surface area contributed by atoms with Gasteiger partial charge < -0.3 is 10.2 Å². The van der Waals surface area contributed by atoms with Crippen molar-refractivity contribution < 1.29 is 4.79 Å². The lowest BCUT2D eigenvalue weighted by Crippen LogP contribution is -2.44. The first-order chi connectivity index (χ1) is 5.72. The van der Waals surface area contributed by atoms with E-state index in [0.717, 1.165) is 19.5 Å². The van der Waals surface area contributed by atoms with E-state index in [1.165, 1.54) is 6.42 Å². The molecule has 0 spiro atoms. The standard InChI is InChI=1S/C9H18N2O/c1-8(2)11-6-4-3-5-10-7-9(11)12/h8,10H,3-7H2,1-2H3. The van der Waals surface area contributed by atoms with E-state index in [9.17, 15) is 4.79 Å². The van der Waals surface area contributed by atoms with Crippen LogP contribution in [0.25, 0.3) is 0 Å². The molecular weight excluding hydrogens is 152 g/mol. The van der Waals surface area contributed by atoms with Crippen molar-refractivity contribution >= 4 is 5.91 Å². The van der Waals surface area contributed by atoms with E-state index >= 15 is 0 Å². The molecule has 1 aliphatic rings. The van der Waals surface area contributed by atoms with E-state index in [1.54, 1.807) is 0 Å². The third kappa shape index (κ3) is 2.48. The zero-order valence-electron chi connectivity index (χ0n) is 7.97. The quantitative estimate of drug-likeness (QED) is 0.625. The number of nitrogens with zero attached hydrogens (tertiary/aromatic N) is 1. The Kier molecular flexibility index (Phi) is 3.53. The molecule has 70 valence electrons. The molecule has 1 amide bonds. The Bertz CT molecular complexity index is 157. The molecule has 0 aliphatic carbocycles. The monoisotopic (exact) mass is 170 g/mol. The van der Waals surface area contributed by atoms with Crippen LogP contribution in [0, 0.1) is 0 Å². The zero-order valence-corrected chi connectivity index (χ0v) is 7.97. The highest BCUT2D eigenvalue weighted by Gasteiger charge is 2.17. The Labute approximate surface area is 74.1 Å². The molecule has 0 bridgehead atoms. The number of rotatable bonds is 1. The lowest BCUT2D eigenvalue weighted by Gasteiger charge is -2.28. The molecule has 0 aromatic rings. The Morgan fingerprint density at radius 2 is 2.17 bits per heavy atom. The molecule has 0 atom stereocenters. The summed E-state index contributed by atoms with van der Waals surface area (Å²) in [6.45, 7) is 6.56. The second-order valence-electron chi connectivity index (χ2n) is 3.56. The summed E-state index contributed by atoms with van der Waals surface area (Å²) in [6.07, 6.45) is 2.30. The van der Waals surface area contributed by atoms with Crippen molar-refractivity contribution in [3.05, 3.63) is 0 Å². The Hall–Kier alpha value is -0.570. The van der Waals surface area contributed by atoms with Crippen molar-refractivity contribution in [3.63, 3.8) is 0 Å². The molecular formula is C9H18N2O. The molecule has 1 aliphatic heterocycles. The smallest absolute Gasteiger partial charge is 0.236 e. The molecule has 3 nitrogen and oxygen atoms in total. The molecule has 1 rings (SSSR count). The molecule has 1 saturated heterocycles. The largest absolute Gasteiger partial charge is 0.339 e. The molecule has 1 heterocycles. The lowest BCUT2D eigenvalue weighted by molar-refractivity contribution is -0.132. The van der Waals surface area contributed by atoms with Crippen LogP contribution >= 0.6 is 0 Å². The van der Waals surface area contributed by atoms with Crippen molar-refractivity contribution in [1.29, 1.82) is 0 Å². The van der Waals surface area contributed by atoms with E-state index in [4.69, 9.17) is 0 Å². The van der Waals surface area contributed by atoms with Crippen molar-refractivity contribution in [1.82, 2.24) is 10.2 Å². The summed E-state index contributed by atoms with van der Waals surface area (Å²) in [4.78, 5) is 13.4. The first-order valence-electron chi connectivity index (χ1n) is 4.72. The van der Waals surface area contributed by atoms with Crippen LogP contribution in [0.2, 0.25) is 0 Å². The van der Waals surface area contributed by atoms with E-state index < -0.39 is 0 Å². The van der Waals surface area contributed by atoms with E-state index in [0.29, 0.717) is 12.6 Å². The molecule has 0 aromatic heterocycles. The minimum Gasteiger partial charge on any atom is -0.339 e. The van der Waals surface area contributed by atoms with Gasteiger partial charge in [-0.15, -0.1) is 0 Å². The Balaban J connectivity index is 2.49. The average molecular weight is 170 g/mol. The van der Waals surface area contributed by atoms with Gasteiger partial charge in [0.25, 0.3) is 0 Å². The van der Waals surface area contributed by atoms with Crippen LogP contribution in [0.5, 0.6) is 0 Å². The normalized spacial score (nSPS) is 20.9. The Morgan fingerprint density at radius 1 is 1.42 bits per heavy atom. The van der Waals surface area contributed by atoms with E-state index in [1.807, 2.05) is 4.90 Å². The molecule has 0 saturated carbocycles. The first kappa shape index (κ1) is 9.52. The molecule has 3 heteroatoms. The predicted molar refractivity (Wildman–Crippen MR) is 49.0 cm³/mol. The second kappa shape index (κ2) is 4.45. The summed E-state index contributed by atoms with van der Waals surface area (Å²) in [5.74, 6) is 0.240. The fourth-order valence-corrected chi connectivity index (χ4v) is 1.50. The molecule has 0 radical (unpaired) electrons. The third-order valence-corrected chi connectivity index (χ3v) is 2.22. The number of hydrogen-bond acceptors (Lipinski definition) is 2. The van der Waals surface area contributed by atoms with Crippen molar-refractivity contribution in [2.45, 2.75) is 32.7 Å². The zero-order chi connectivity index (χ0) is 8.97. The minimum absolute atomic E-state index is 0.240. The van der Waals surface area contributed by atoms with Crippen molar-refractivity contribution in [3.8, 4) is 0 Å². The van der Waals surface area contributed by atoms with Crippen LogP contribution in [-0.4, -0.2) is 36.5 Å². The average Bonchev–Trinajstić information content (AvgIpc) is 1.96. The summed E-state index contributed by atoms with van der Waals surface area (Å²) >= 11 is 0. The van der Waals surface area contributed by atoms with Gasteiger partial charge in [-0.3, -0.25) is 4.79 Å². The topological polar surface area (TPSA) is 32.3 Å². The van der Waals surface area contributed by atoms with Gasteiger partial charge in [0, 0.05) is 12.6 Å². The SMILES string of the molecule is CC(C)N1CCCCNCC1=O. The summed E-state index contributed by atoms with van der Waals surface area (Å²) in [5.41, 5.74) is 0. The number of amides is 1. The molecule has 1 N–H and O–H groups in total. The number of carbonyl (C=O) groups is 1. The maximum Gasteiger partial charge on any atom is 0.236 e. The van der Waals surface area contributed by atoms with Gasteiger partial charge in [0.05, 0.1) is 6.54 Å². The molecule has 12 heavy (non-hydrogen) atoms. The maximum absolute atomic E-state index is 11.5. The van der Waals surface area contributed by atoms with Gasteiger partial charge in [-0.25, -0.2) is 0 Å². The van der Waals surface area contributed by atoms with Crippen molar-refractivity contribution in [2.75, 3.05) is 19.6 Å². The fourth-order valence-electron chi connectivity index (χ4n) is 1.50. The lowest BCUT2D eigenvalue weighted by atomic mass is 10.2. The predicted octanol–water partition coefficient (Wildman–Crippen LogP) is 0.607. The number of carbonyl (C=O) groups excluding carboxylic acids is 1. The summed E-state index contributed by atoms with van der Waals surface area (Å²) < 4.78 is 0. The van der Waals surface area contributed by atoms with Crippen LogP contribution in [0.15, 0.2) is 0 Å². The van der Waals surface area contributed by atoms with E-state index in [2.05, 4.69) is 19.2 Å². The van der Waals surface area contributed by atoms with Gasteiger partial charge in [-0.2, -0.15) is 0 Å². The summed E-state index contributed by atoms with van der Waals surface area (Å²) in [5, 5.41) is 3.13. The van der Waals surface area contributed by atoms with Gasteiger partial charge >= 0.3 is 0 Å². The number of nitrogens with one attached hydrogen (secondary N) is 1. The second-order valence-corrected chi connectivity index (χ2v) is 3.56. The third-order valence-electron chi connectivity index (χ3n) is 2.22. The van der Waals surface area contributed by atoms with Crippen LogP contribution in [-0.2, 0) is 4.79 Å². The van der Waals surface area contributed by atoms with E-state index in [-0.39, 0.29) is 5.91 Å². The van der Waals surface area contributed by atoms with Gasteiger partial charge in [0.2, 0.25) is 5.91 Å². The minimum atomic E-state index is 0.240. The fraction of sp³-hybridized carbons (Fsp3) is 0.889. The maximum atomic E-state index is 11.5. The van der Waals surface area contributed by atoms with Gasteiger partial charge in [-0.1, -0.05) is 0 Å². The van der Waals surface area contributed by atoms with Crippen LogP contribution in [0.3, 0.4) is 0 Å². The van der Waals surface area contributed by atoms with Crippen LogP contribution in [0.1, 0.15) is 26.7 Å². The summed E-state index contributed by atoms with van der Waals surface area (Å²) in [7, 11) is 0. The molecule has 0 unspecified atom stereocenters. The summed E-state index contributed by atoms with van der Waals surface area (Å²) in [6, 6.07) is 0.345. The van der Waals surface area contributed by atoms with Gasteiger partial charge in [0.1, 0.15) is 0 Å². The Morgan fingerprint density at radius 3 is 2.83 bits per heavy atom. The van der Waals surface area contributed by atoms with Crippen molar-refractivity contribution in [2.24, 2.45) is 0 Å².